The minimum Gasteiger partial charge on any atom is -0.422 e. The van der Waals surface area contributed by atoms with E-state index in [1.165, 1.54) is 19.3 Å². The molecule has 1 rings (SSSR count). The lowest BCUT2D eigenvalue weighted by Crippen LogP contribution is -2.41. The zero-order valence-corrected chi connectivity index (χ0v) is 7.49. The summed E-state index contributed by atoms with van der Waals surface area (Å²) < 4.78 is 14.7. The fraction of sp³-hybridized carbons (Fsp3) is 0.444. The fourth-order valence-corrected chi connectivity index (χ4v) is 1.24. The SMILES string of the molecule is C=CC1OC(=O)OC1(C=C)COC. The van der Waals surface area contributed by atoms with E-state index in [2.05, 4.69) is 13.2 Å². The molecule has 0 amide bonds. The number of carbonyl (C=O) groups excluding carboxylic acids is 1. The summed E-state index contributed by atoms with van der Waals surface area (Å²) in [6, 6.07) is 0. The van der Waals surface area contributed by atoms with Crippen LogP contribution in [0, 0.1) is 0 Å². The molecular weight excluding hydrogens is 172 g/mol. The van der Waals surface area contributed by atoms with Gasteiger partial charge in [0.1, 0.15) is 0 Å². The van der Waals surface area contributed by atoms with Crippen LogP contribution >= 0.6 is 0 Å². The molecule has 0 spiro atoms. The van der Waals surface area contributed by atoms with E-state index in [4.69, 9.17) is 14.2 Å². The summed E-state index contributed by atoms with van der Waals surface area (Å²) in [6.07, 6.45) is 1.73. The van der Waals surface area contributed by atoms with Crippen LogP contribution < -0.4 is 0 Å². The number of cyclic esters (lactones) is 2. The molecule has 1 heterocycles. The summed E-state index contributed by atoms with van der Waals surface area (Å²) >= 11 is 0. The van der Waals surface area contributed by atoms with Gasteiger partial charge in [-0.15, -0.1) is 0 Å². The van der Waals surface area contributed by atoms with Gasteiger partial charge in [0.05, 0.1) is 6.61 Å². The van der Waals surface area contributed by atoms with Crippen molar-refractivity contribution >= 4 is 6.16 Å². The molecule has 2 atom stereocenters. The van der Waals surface area contributed by atoms with E-state index in [1.807, 2.05) is 0 Å². The second-order valence-electron chi connectivity index (χ2n) is 2.72. The third-order valence-corrected chi connectivity index (χ3v) is 1.91. The van der Waals surface area contributed by atoms with Crippen LogP contribution in [0.15, 0.2) is 25.3 Å². The number of hydrogen-bond donors (Lipinski definition) is 0. The third kappa shape index (κ3) is 1.58. The Bertz CT molecular complexity index is 236. The van der Waals surface area contributed by atoms with Crippen molar-refractivity contribution in [1.29, 1.82) is 0 Å². The molecule has 0 radical (unpaired) electrons. The van der Waals surface area contributed by atoms with Crippen molar-refractivity contribution in [2.75, 3.05) is 13.7 Å². The molecule has 72 valence electrons. The first kappa shape index (κ1) is 9.80. The summed E-state index contributed by atoms with van der Waals surface area (Å²) in [5.41, 5.74) is -0.923. The van der Waals surface area contributed by atoms with Gasteiger partial charge in [-0.05, 0) is 12.2 Å². The van der Waals surface area contributed by atoms with Crippen LogP contribution in [-0.4, -0.2) is 31.6 Å². The second-order valence-corrected chi connectivity index (χ2v) is 2.72. The van der Waals surface area contributed by atoms with Crippen LogP contribution in [0.5, 0.6) is 0 Å². The number of rotatable bonds is 4. The van der Waals surface area contributed by atoms with Gasteiger partial charge in [0.25, 0.3) is 0 Å². The minimum absolute atomic E-state index is 0.207. The Kier molecular flexibility index (Phi) is 2.72. The van der Waals surface area contributed by atoms with Crippen LogP contribution in [0.3, 0.4) is 0 Å². The van der Waals surface area contributed by atoms with Gasteiger partial charge in [0.2, 0.25) is 0 Å². The molecule has 0 N–H and O–H groups in total. The predicted molar refractivity (Wildman–Crippen MR) is 46.4 cm³/mol. The van der Waals surface area contributed by atoms with Crippen molar-refractivity contribution in [2.45, 2.75) is 11.7 Å². The number of carbonyl (C=O) groups is 1. The molecule has 0 aliphatic carbocycles. The van der Waals surface area contributed by atoms with Crippen molar-refractivity contribution in [2.24, 2.45) is 0 Å². The quantitative estimate of drug-likeness (QED) is 0.487. The number of hydrogen-bond acceptors (Lipinski definition) is 4. The minimum atomic E-state index is -0.923. The maximum absolute atomic E-state index is 10.9. The molecule has 0 bridgehead atoms. The van der Waals surface area contributed by atoms with Gasteiger partial charge in [-0.2, -0.15) is 0 Å². The van der Waals surface area contributed by atoms with E-state index in [-0.39, 0.29) is 6.61 Å². The third-order valence-electron chi connectivity index (χ3n) is 1.91. The molecule has 1 aliphatic heterocycles. The van der Waals surface area contributed by atoms with E-state index in [9.17, 15) is 4.79 Å². The Hall–Kier alpha value is -1.29. The summed E-state index contributed by atoms with van der Waals surface area (Å²) in [6.45, 7) is 7.33. The Labute approximate surface area is 76.8 Å². The van der Waals surface area contributed by atoms with Gasteiger partial charge < -0.3 is 14.2 Å². The van der Waals surface area contributed by atoms with Crippen LogP contribution in [0.4, 0.5) is 4.79 Å². The lowest BCUT2D eigenvalue weighted by Gasteiger charge is -2.24. The van der Waals surface area contributed by atoms with Gasteiger partial charge in [0.15, 0.2) is 11.7 Å². The first-order chi connectivity index (χ1) is 6.18. The molecule has 13 heavy (non-hydrogen) atoms. The standard InChI is InChI=1S/C9H12O4/c1-4-7-9(5-2,6-11-3)13-8(10)12-7/h4-5,7H,1-2,6H2,3H3. The van der Waals surface area contributed by atoms with E-state index in [0.717, 1.165) is 0 Å². The lowest BCUT2D eigenvalue weighted by molar-refractivity contribution is 0.0106. The molecule has 0 aromatic heterocycles. The van der Waals surface area contributed by atoms with Gasteiger partial charge >= 0.3 is 6.16 Å². The highest BCUT2D eigenvalue weighted by atomic mass is 16.8. The van der Waals surface area contributed by atoms with Crippen molar-refractivity contribution in [3.05, 3.63) is 25.3 Å². The normalized spacial score (nSPS) is 32.1. The van der Waals surface area contributed by atoms with Gasteiger partial charge in [-0.25, -0.2) is 4.79 Å². The van der Waals surface area contributed by atoms with Gasteiger partial charge in [0, 0.05) is 7.11 Å². The number of ether oxygens (including phenoxy) is 3. The van der Waals surface area contributed by atoms with Crippen LogP contribution in [0.25, 0.3) is 0 Å². The molecule has 1 aliphatic rings. The van der Waals surface area contributed by atoms with Gasteiger partial charge in [-0.1, -0.05) is 13.2 Å². The highest BCUT2D eigenvalue weighted by molar-refractivity contribution is 5.64. The average molecular weight is 184 g/mol. The Morgan fingerprint density at radius 1 is 1.69 bits per heavy atom. The number of methoxy groups -OCH3 is 1. The lowest BCUT2D eigenvalue weighted by atomic mass is 9.98. The van der Waals surface area contributed by atoms with Crippen LogP contribution in [-0.2, 0) is 14.2 Å². The van der Waals surface area contributed by atoms with E-state index < -0.39 is 17.9 Å². The topological polar surface area (TPSA) is 44.8 Å². The first-order valence-electron chi connectivity index (χ1n) is 3.83. The highest BCUT2D eigenvalue weighted by Crippen LogP contribution is 2.29. The smallest absolute Gasteiger partial charge is 0.422 e. The van der Waals surface area contributed by atoms with Crippen molar-refractivity contribution in [3.8, 4) is 0 Å². The molecular formula is C9H12O4. The average Bonchev–Trinajstić information content (AvgIpc) is 2.43. The molecule has 1 fully saturated rings. The van der Waals surface area contributed by atoms with E-state index in [0.29, 0.717) is 0 Å². The molecule has 4 nitrogen and oxygen atoms in total. The fourth-order valence-electron chi connectivity index (χ4n) is 1.24. The van der Waals surface area contributed by atoms with E-state index >= 15 is 0 Å². The van der Waals surface area contributed by atoms with Gasteiger partial charge in [-0.3, -0.25) is 0 Å². The predicted octanol–water partition coefficient (Wildman–Crippen LogP) is 1.28. The van der Waals surface area contributed by atoms with Crippen molar-refractivity contribution in [3.63, 3.8) is 0 Å². The largest absolute Gasteiger partial charge is 0.510 e. The van der Waals surface area contributed by atoms with E-state index in [1.54, 1.807) is 0 Å². The zero-order valence-electron chi connectivity index (χ0n) is 7.49. The molecule has 1 saturated heterocycles. The van der Waals surface area contributed by atoms with Crippen LogP contribution in [0.1, 0.15) is 0 Å². The molecule has 0 aromatic carbocycles. The van der Waals surface area contributed by atoms with Crippen LogP contribution in [0.2, 0.25) is 0 Å². The molecule has 4 heteroatoms. The summed E-state index contributed by atoms with van der Waals surface area (Å²) in [7, 11) is 1.51. The summed E-state index contributed by atoms with van der Waals surface area (Å²) in [5.74, 6) is 0. The maximum atomic E-state index is 10.9. The summed E-state index contributed by atoms with van der Waals surface area (Å²) in [4.78, 5) is 10.9. The Morgan fingerprint density at radius 3 is 2.85 bits per heavy atom. The second kappa shape index (κ2) is 3.62. The zero-order chi connectivity index (χ0) is 9.90. The highest BCUT2D eigenvalue weighted by Gasteiger charge is 2.47. The molecule has 2 unspecified atom stereocenters. The first-order valence-corrected chi connectivity index (χ1v) is 3.83. The van der Waals surface area contributed by atoms with Crippen molar-refractivity contribution < 1.29 is 19.0 Å². The molecule has 0 aromatic rings. The molecule has 0 saturated carbocycles. The maximum Gasteiger partial charge on any atom is 0.510 e. The Balaban J connectivity index is 2.88. The monoisotopic (exact) mass is 184 g/mol. The summed E-state index contributed by atoms with van der Waals surface area (Å²) in [5, 5.41) is 0. The Morgan fingerprint density at radius 2 is 2.38 bits per heavy atom. The van der Waals surface area contributed by atoms with Crippen molar-refractivity contribution in [1.82, 2.24) is 0 Å².